The van der Waals surface area contributed by atoms with Gasteiger partial charge in [0, 0.05) is 12.1 Å². The molecule has 1 N–H and O–H groups in total. The molecule has 1 aromatic heterocycles. The molecule has 0 atom stereocenters. The van der Waals surface area contributed by atoms with Crippen molar-refractivity contribution >= 4 is 10.1 Å². The molecule has 0 saturated carbocycles. The molecule has 1 aromatic rings. The topological polar surface area (TPSA) is 71.3 Å². The first-order valence-electron chi connectivity index (χ1n) is 6.13. The molecule has 0 radical (unpaired) electrons. The standard InChI is InChI=1S/C6H3F11O3S.C5H5N/c7-2(8,1-21(18,19)20)3(9,10)4(11,12)5(13,14)6(15,16)17;1-2-4-6-5-3-1/h1H2,(H,18,19,20);1-5H. The van der Waals surface area contributed by atoms with Gasteiger partial charge in [0.25, 0.3) is 0 Å². The van der Waals surface area contributed by atoms with E-state index < -0.39 is 45.7 Å². The van der Waals surface area contributed by atoms with Gasteiger partial charge in [-0.05, 0) is 0 Å². The summed E-state index contributed by atoms with van der Waals surface area (Å²) in [4.78, 5) is 2.89. The maximum absolute atomic E-state index is 12.7. The second-order valence-corrected chi connectivity index (χ2v) is 6.11. The van der Waals surface area contributed by atoms with Crippen molar-refractivity contribution in [1.82, 2.24) is 0 Å². The number of hydrogen-bond donors (Lipinski definition) is 0. The SMILES string of the molecule is O=S(=O)([O-])CC(F)(F)C(F)(F)C(F)(F)C(F)(F)C(F)(F)F.c1cc[nH+]cc1. The molecule has 0 amide bonds. The zero-order valence-corrected chi connectivity index (χ0v) is 13.2. The number of hydrogen-bond acceptors (Lipinski definition) is 3. The van der Waals surface area contributed by atoms with E-state index in [0.29, 0.717) is 0 Å². The van der Waals surface area contributed by atoms with Gasteiger partial charge in [-0.15, -0.1) is 0 Å². The van der Waals surface area contributed by atoms with Gasteiger partial charge < -0.3 is 4.55 Å². The van der Waals surface area contributed by atoms with Crippen LogP contribution in [0, 0.1) is 0 Å². The van der Waals surface area contributed by atoms with Gasteiger partial charge in [0.2, 0.25) is 0 Å². The number of H-pyrrole nitrogens is 1. The molecule has 0 aromatic carbocycles. The van der Waals surface area contributed by atoms with Crippen molar-refractivity contribution in [3.05, 3.63) is 30.6 Å². The number of aromatic amines is 1. The third-order valence-electron chi connectivity index (χ3n) is 2.57. The van der Waals surface area contributed by atoms with Gasteiger partial charge >= 0.3 is 29.9 Å². The van der Waals surface area contributed by atoms with Gasteiger partial charge in [-0.1, -0.05) is 6.07 Å². The molecular formula is C11H8F11NO3S. The Balaban J connectivity index is 0.000000941. The lowest BCUT2D eigenvalue weighted by Crippen LogP contribution is -2.67. The molecule has 0 spiro atoms. The van der Waals surface area contributed by atoms with E-state index in [0.717, 1.165) is 0 Å². The van der Waals surface area contributed by atoms with Crippen molar-refractivity contribution in [2.45, 2.75) is 29.9 Å². The molecule has 0 bridgehead atoms. The fraction of sp³-hybridized carbons (Fsp3) is 0.545. The van der Waals surface area contributed by atoms with Crippen LogP contribution in [0.25, 0.3) is 0 Å². The smallest absolute Gasteiger partial charge is 0.460 e. The Morgan fingerprint density at radius 2 is 1.11 bits per heavy atom. The quantitative estimate of drug-likeness (QED) is 0.519. The highest BCUT2D eigenvalue weighted by Crippen LogP contribution is 2.57. The van der Waals surface area contributed by atoms with Crippen molar-refractivity contribution < 1.29 is 66.2 Å². The molecule has 0 fully saturated rings. The summed E-state index contributed by atoms with van der Waals surface area (Å²) in [6, 6.07) is 5.86. The average Bonchev–Trinajstić information content (AvgIpc) is 2.45. The summed E-state index contributed by atoms with van der Waals surface area (Å²) in [6.07, 6.45) is -3.59. The van der Waals surface area contributed by atoms with Crippen LogP contribution in [0.15, 0.2) is 30.6 Å². The van der Waals surface area contributed by atoms with Crippen LogP contribution in [0.3, 0.4) is 0 Å². The van der Waals surface area contributed by atoms with Gasteiger partial charge in [-0.3, -0.25) is 0 Å². The van der Waals surface area contributed by atoms with Crippen molar-refractivity contribution in [3.8, 4) is 0 Å². The number of nitrogens with one attached hydrogen (secondary N) is 1. The van der Waals surface area contributed by atoms with Crippen molar-refractivity contribution in [2.24, 2.45) is 0 Å². The summed E-state index contributed by atoms with van der Waals surface area (Å²) >= 11 is 0. The first-order valence-corrected chi connectivity index (χ1v) is 7.71. The highest BCUT2D eigenvalue weighted by molar-refractivity contribution is 7.85. The molecule has 158 valence electrons. The van der Waals surface area contributed by atoms with Gasteiger partial charge in [0.15, 0.2) is 12.4 Å². The van der Waals surface area contributed by atoms with E-state index in [9.17, 15) is 61.3 Å². The Kier molecular flexibility index (Phi) is 7.24. The average molecular weight is 443 g/mol. The van der Waals surface area contributed by atoms with E-state index in [2.05, 4.69) is 4.98 Å². The Bertz CT molecular complexity index is 677. The number of halogens is 11. The highest BCUT2D eigenvalue weighted by atomic mass is 32.2. The molecule has 0 aliphatic heterocycles. The Morgan fingerprint density at radius 1 is 0.704 bits per heavy atom. The minimum absolute atomic E-state index is 1.88. The molecular weight excluding hydrogens is 435 g/mol. The van der Waals surface area contributed by atoms with Gasteiger partial charge in [0.05, 0.1) is 0 Å². The van der Waals surface area contributed by atoms with Crippen LogP contribution in [0.2, 0.25) is 0 Å². The largest absolute Gasteiger partial charge is 0.748 e. The first kappa shape index (κ1) is 25.3. The van der Waals surface area contributed by atoms with Crippen LogP contribution in [0.4, 0.5) is 48.3 Å². The third-order valence-corrected chi connectivity index (χ3v) is 3.29. The molecule has 16 heteroatoms. The first-order chi connectivity index (χ1) is 11.7. The lowest BCUT2D eigenvalue weighted by Gasteiger charge is -2.37. The van der Waals surface area contributed by atoms with Crippen LogP contribution in [-0.2, 0) is 10.1 Å². The predicted octanol–water partition coefficient (Wildman–Crippen LogP) is 3.14. The van der Waals surface area contributed by atoms with Crippen LogP contribution in [0.5, 0.6) is 0 Å². The van der Waals surface area contributed by atoms with E-state index in [1.54, 1.807) is 0 Å². The van der Waals surface area contributed by atoms with Crippen molar-refractivity contribution in [1.29, 1.82) is 0 Å². The number of aromatic nitrogens is 1. The number of alkyl halides is 11. The van der Waals surface area contributed by atoms with E-state index in [4.69, 9.17) is 0 Å². The third kappa shape index (κ3) is 5.63. The van der Waals surface area contributed by atoms with Crippen LogP contribution in [0.1, 0.15) is 0 Å². The van der Waals surface area contributed by atoms with E-state index in [1.807, 2.05) is 30.6 Å². The molecule has 1 heterocycles. The van der Waals surface area contributed by atoms with Gasteiger partial charge in [0.1, 0.15) is 15.9 Å². The summed E-state index contributed by atoms with van der Waals surface area (Å²) in [5.41, 5.74) is 0. The predicted molar refractivity (Wildman–Crippen MR) is 63.4 cm³/mol. The van der Waals surface area contributed by atoms with E-state index in [-0.39, 0.29) is 0 Å². The summed E-state index contributed by atoms with van der Waals surface area (Å²) in [5.74, 6) is -33.1. The zero-order chi connectivity index (χ0) is 21.9. The van der Waals surface area contributed by atoms with Crippen LogP contribution >= 0.6 is 0 Å². The number of rotatable bonds is 5. The molecule has 0 unspecified atom stereocenters. The summed E-state index contributed by atoms with van der Waals surface area (Å²) in [5, 5.41) is 0. The second-order valence-electron chi connectivity index (χ2n) is 4.70. The molecule has 4 nitrogen and oxygen atoms in total. The minimum Gasteiger partial charge on any atom is -0.748 e. The fourth-order valence-corrected chi connectivity index (χ4v) is 1.88. The molecule has 0 aliphatic carbocycles. The van der Waals surface area contributed by atoms with Crippen molar-refractivity contribution in [3.63, 3.8) is 0 Å². The Hall–Kier alpha value is -1.71. The maximum atomic E-state index is 12.7. The molecule has 0 saturated heterocycles. The van der Waals surface area contributed by atoms with Crippen molar-refractivity contribution in [2.75, 3.05) is 5.75 Å². The van der Waals surface area contributed by atoms with E-state index >= 15 is 0 Å². The molecule has 1 rings (SSSR count). The highest BCUT2D eigenvalue weighted by Gasteiger charge is 2.87. The summed E-state index contributed by atoms with van der Waals surface area (Å²) in [7, 11) is -6.35. The molecule has 0 aliphatic rings. The lowest BCUT2D eigenvalue weighted by atomic mass is 9.99. The normalized spacial score (nSPS) is 14.4. The monoisotopic (exact) mass is 443 g/mol. The Labute approximate surface area is 143 Å². The maximum Gasteiger partial charge on any atom is 0.460 e. The Morgan fingerprint density at radius 3 is 1.33 bits per heavy atom. The fourth-order valence-electron chi connectivity index (χ4n) is 1.26. The molecule has 27 heavy (non-hydrogen) atoms. The second kappa shape index (κ2) is 7.73. The summed E-state index contributed by atoms with van der Waals surface area (Å²) < 4.78 is 164. The van der Waals surface area contributed by atoms with Crippen LogP contribution < -0.4 is 4.98 Å². The van der Waals surface area contributed by atoms with Gasteiger partial charge in [-0.2, -0.15) is 48.3 Å². The lowest BCUT2D eigenvalue weighted by molar-refractivity contribution is -0.419. The number of pyridine rings is 1. The van der Waals surface area contributed by atoms with E-state index in [1.165, 1.54) is 0 Å². The zero-order valence-electron chi connectivity index (χ0n) is 12.4. The summed E-state index contributed by atoms with van der Waals surface area (Å²) in [6.45, 7) is 0. The minimum atomic E-state index is -7.72. The van der Waals surface area contributed by atoms with Gasteiger partial charge in [-0.25, -0.2) is 13.4 Å². The van der Waals surface area contributed by atoms with Crippen LogP contribution in [-0.4, -0.2) is 48.6 Å².